The maximum absolute atomic E-state index is 12.0. The lowest BCUT2D eigenvalue weighted by molar-refractivity contribution is -0.114. The number of ether oxygens (including phenoxy) is 2. The Morgan fingerprint density at radius 2 is 1.61 bits per heavy atom. The van der Waals surface area contributed by atoms with Crippen molar-refractivity contribution in [2.45, 2.75) is 0 Å². The van der Waals surface area contributed by atoms with Crippen molar-refractivity contribution in [1.29, 1.82) is 0 Å². The zero-order valence-corrected chi connectivity index (χ0v) is 14.2. The van der Waals surface area contributed by atoms with Crippen LogP contribution in [0.1, 0.15) is 0 Å². The number of benzene rings is 2. The highest BCUT2D eigenvalue weighted by Gasteiger charge is 2.07. The van der Waals surface area contributed by atoms with Crippen LogP contribution in [0.5, 0.6) is 11.5 Å². The van der Waals surface area contributed by atoms with Crippen LogP contribution in [0.15, 0.2) is 36.4 Å². The molecule has 2 aromatic carbocycles. The van der Waals surface area contributed by atoms with Gasteiger partial charge in [-0.05, 0) is 30.3 Å². The van der Waals surface area contributed by atoms with Crippen LogP contribution in [-0.2, 0) is 4.79 Å². The number of halogens is 2. The van der Waals surface area contributed by atoms with Gasteiger partial charge in [0.25, 0.3) is 0 Å². The molecule has 0 spiro atoms. The smallest absolute Gasteiger partial charge is 0.243 e. The number of methoxy groups -OCH3 is 2. The minimum Gasteiger partial charge on any atom is -0.493 e. The predicted octanol–water partition coefficient (Wildman–Crippen LogP) is 4.06. The molecule has 1 amide bonds. The van der Waals surface area contributed by atoms with Crippen molar-refractivity contribution in [2.75, 3.05) is 31.4 Å². The summed E-state index contributed by atoms with van der Waals surface area (Å²) in [5, 5.41) is 6.64. The van der Waals surface area contributed by atoms with E-state index < -0.39 is 0 Å². The Bertz CT molecular complexity index is 687. The molecule has 0 atom stereocenters. The number of anilines is 2. The van der Waals surface area contributed by atoms with Crippen molar-refractivity contribution in [1.82, 2.24) is 0 Å². The van der Waals surface area contributed by atoms with Crippen LogP contribution in [0, 0.1) is 0 Å². The zero-order valence-electron chi connectivity index (χ0n) is 12.7. The number of hydrogen-bond acceptors (Lipinski definition) is 4. The van der Waals surface area contributed by atoms with Crippen molar-refractivity contribution < 1.29 is 14.3 Å². The first-order valence-corrected chi connectivity index (χ1v) is 7.49. The molecule has 2 aromatic rings. The van der Waals surface area contributed by atoms with Crippen molar-refractivity contribution >= 4 is 40.5 Å². The topological polar surface area (TPSA) is 59.6 Å². The molecule has 2 rings (SSSR count). The minimum absolute atomic E-state index is 0.0830. The van der Waals surface area contributed by atoms with E-state index in [0.717, 1.165) is 5.69 Å². The van der Waals surface area contributed by atoms with Crippen LogP contribution < -0.4 is 20.1 Å². The van der Waals surface area contributed by atoms with Crippen molar-refractivity contribution in [3.8, 4) is 11.5 Å². The number of carbonyl (C=O) groups excluding carboxylic acids is 1. The van der Waals surface area contributed by atoms with Crippen molar-refractivity contribution in [3.63, 3.8) is 0 Å². The lowest BCUT2D eigenvalue weighted by atomic mass is 10.2. The molecule has 0 aromatic heterocycles. The van der Waals surface area contributed by atoms with Gasteiger partial charge in [-0.25, -0.2) is 0 Å². The van der Waals surface area contributed by atoms with Crippen LogP contribution in [0.4, 0.5) is 11.4 Å². The van der Waals surface area contributed by atoms with Gasteiger partial charge in [-0.2, -0.15) is 0 Å². The molecule has 7 heteroatoms. The molecule has 0 aliphatic carbocycles. The SMILES string of the molecule is COc1ccc(NCC(=O)Nc2cc(Cl)cc(Cl)c2)cc1OC. The predicted molar refractivity (Wildman–Crippen MR) is 93.1 cm³/mol. The molecule has 0 radical (unpaired) electrons. The average Bonchev–Trinajstić information content (AvgIpc) is 2.51. The fraction of sp³-hybridized carbons (Fsp3) is 0.188. The van der Waals surface area contributed by atoms with Crippen molar-refractivity contribution in [2.24, 2.45) is 0 Å². The number of hydrogen-bond donors (Lipinski definition) is 2. The standard InChI is InChI=1S/C16H16Cl2N2O3/c1-22-14-4-3-12(8-15(14)23-2)19-9-16(21)20-13-6-10(17)5-11(18)7-13/h3-8,19H,9H2,1-2H3,(H,20,21). The minimum atomic E-state index is -0.224. The Labute approximate surface area is 144 Å². The van der Waals surface area contributed by atoms with E-state index in [1.165, 1.54) is 0 Å². The fourth-order valence-corrected chi connectivity index (χ4v) is 2.49. The lowest BCUT2D eigenvalue weighted by Crippen LogP contribution is -2.21. The molecule has 0 saturated carbocycles. The highest BCUT2D eigenvalue weighted by Crippen LogP contribution is 2.29. The number of rotatable bonds is 6. The van der Waals surface area contributed by atoms with Crippen LogP contribution in [0.3, 0.4) is 0 Å². The summed E-state index contributed by atoms with van der Waals surface area (Å²) in [4.78, 5) is 12.0. The third kappa shape index (κ3) is 4.94. The summed E-state index contributed by atoms with van der Waals surface area (Å²) >= 11 is 11.8. The monoisotopic (exact) mass is 354 g/mol. The normalized spacial score (nSPS) is 10.1. The van der Waals surface area contributed by atoms with Gasteiger partial charge in [0.2, 0.25) is 5.91 Å². The Hall–Kier alpha value is -2.11. The fourth-order valence-electron chi connectivity index (χ4n) is 1.96. The Morgan fingerprint density at radius 3 is 2.22 bits per heavy atom. The molecule has 5 nitrogen and oxygen atoms in total. The molecule has 0 aliphatic heterocycles. The third-order valence-corrected chi connectivity index (χ3v) is 3.42. The first-order chi connectivity index (χ1) is 11.0. The largest absolute Gasteiger partial charge is 0.493 e. The molecule has 0 heterocycles. The van der Waals surface area contributed by atoms with Gasteiger partial charge >= 0.3 is 0 Å². The summed E-state index contributed by atoms with van der Waals surface area (Å²) < 4.78 is 10.4. The number of amides is 1. The van der Waals surface area contributed by atoms with E-state index in [2.05, 4.69) is 10.6 Å². The summed E-state index contributed by atoms with van der Waals surface area (Å²) in [6.07, 6.45) is 0. The third-order valence-electron chi connectivity index (χ3n) is 2.98. The second-order valence-electron chi connectivity index (χ2n) is 4.63. The van der Waals surface area contributed by atoms with Crippen LogP contribution >= 0.6 is 23.2 Å². The van der Waals surface area contributed by atoms with Gasteiger partial charge in [0.15, 0.2) is 11.5 Å². The van der Waals surface area contributed by atoms with Gasteiger partial charge in [-0.15, -0.1) is 0 Å². The van der Waals surface area contributed by atoms with E-state index in [1.807, 2.05) is 0 Å². The molecule has 23 heavy (non-hydrogen) atoms. The number of nitrogens with one attached hydrogen (secondary N) is 2. The molecule has 0 bridgehead atoms. The van der Waals surface area contributed by atoms with E-state index in [1.54, 1.807) is 50.6 Å². The molecule has 0 unspecified atom stereocenters. The zero-order chi connectivity index (χ0) is 16.8. The highest BCUT2D eigenvalue weighted by molar-refractivity contribution is 6.35. The Kier molecular flexibility index (Phi) is 5.96. The first kappa shape index (κ1) is 17.2. The number of carbonyl (C=O) groups is 1. The van der Waals surface area contributed by atoms with Gasteiger partial charge in [0.05, 0.1) is 20.8 Å². The molecule has 122 valence electrons. The second kappa shape index (κ2) is 7.94. The Morgan fingerprint density at radius 1 is 0.957 bits per heavy atom. The van der Waals surface area contributed by atoms with Gasteiger partial charge in [0, 0.05) is 27.5 Å². The summed E-state index contributed by atoms with van der Waals surface area (Å²) in [5.41, 5.74) is 1.28. The van der Waals surface area contributed by atoms with Gasteiger partial charge in [-0.1, -0.05) is 23.2 Å². The molecular formula is C16H16Cl2N2O3. The quantitative estimate of drug-likeness (QED) is 0.820. The van der Waals surface area contributed by atoms with E-state index in [-0.39, 0.29) is 12.5 Å². The van der Waals surface area contributed by atoms with Crippen LogP contribution in [-0.4, -0.2) is 26.7 Å². The molecule has 0 aliphatic rings. The van der Waals surface area contributed by atoms with E-state index in [9.17, 15) is 4.79 Å². The van der Waals surface area contributed by atoms with Crippen LogP contribution in [0.2, 0.25) is 10.0 Å². The molecule has 0 saturated heterocycles. The van der Waals surface area contributed by atoms with Gasteiger partial charge in [-0.3, -0.25) is 4.79 Å². The van der Waals surface area contributed by atoms with E-state index in [4.69, 9.17) is 32.7 Å². The van der Waals surface area contributed by atoms with E-state index >= 15 is 0 Å². The van der Waals surface area contributed by atoms with Gasteiger partial charge < -0.3 is 20.1 Å². The van der Waals surface area contributed by atoms with Crippen molar-refractivity contribution in [3.05, 3.63) is 46.4 Å². The maximum atomic E-state index is 12.0. The summed E-state index contributed by atoms with van der Waals surface area (Å²) in [5.74, 6) is 0.980. The maximum Gasteiger partial charge on any atom is 0.243 e. The summed E-state index contributed by atoms with van der Waals surface area (Å²) in [6, 6.07) is 10.2. The Balaban J connectivity index is 1.96. The van der Waals surface area contributed by atoms with Gasteiger partial charge in [0.1, 0.15) is 0 Å². The lowest BCUT2D eigenvalue weighted by Gasteiger charge is -2.11. The van der Waals surface area contributed by atoms with Crippen LogP contribution in [0.25, 0.3) is 0 Å². The average molecular weight is 355 g/mol. The summed E-state index contributed by atoms with van der Waals surface area (Å²) in [7, 11) is 3.12. The molecule has 0 fully saturated rings. The van der Waals surface area contributed by atoms with E-state index in [0.29, 0.717) is 27.2 Å². The highest BCUT2D eigenvalue weighted by atomic mass is 35.5. The second-order valence-corrected chi connectivity index (χ2v) is 5.50. The molecule has 2 N–H and O–H groups in total. The summed E-state index contributed by atoms with van der Waals surface area (Å²) in [6.45, 7) is 0.0830. The molecular weight excluding hydrogens is 339 g/mol. The first-order valence-electron chi connectivity index (χ1n) is 6.73.